The fraction of sp³-hybridized carbons (Fsp3) is 0.158. The second-order valence-corrected chi connectivity index (χ2v) is 6.37. The van der Waals surface area contributed by atoms with Crippen molar-refractivity contribution in [3.05, 3.63) is 65.7 Å². The highest BCUT2D eigenvalue weighted by Gasteiger charge is 2.19. The summed E-state index contributed by atoms with van der Waals surface area (Å²) < 4.78 is 20.3. The maximum absolute atomic E-state index is 13.3. The molecule has 0 unspecified atom stereocenters. The molecule has 0 radical (unpaired) electrons. The van der Waals surface area contributed by atoms with Gasteiger partial charge in [-0.2, -0.15) is 0 Å². The van der Waals surface area contributed by atoms with E-state index in [0.717, 1.165) is 5.56 Å². The molecule has 0 spiro atoms. The van der Waals surface area contributed by atoms with E-state index in [1.165, 1.54) is 30.1 Å². The Kier molecular flexibility index (Phi) is 5.27. The highest BCUT2D eigenvalue weighted by molar-refractivity contribution is 7.98. The van der Waals surface area contributed by atoms with E-state index < -0.39 is 0 Å². The number of hydrogen-bond donors (Lipinski definition) is 1. The number of aryl methyl sites for hydroxylation is 1. The number of methoxy groups -OCH3 is 1. The quantitative estimate of drug-likeness (QED) is 0.680. The van der Waals surface area contributed by atoms with Gasteiger partial charge in [-0.1, -0.05) is 17.8 Å². The van der Waals surface area contributed by atoms with Crippen LogP contribution in [0.1, 0.15) is 16.1 Å². The van der Waals surface area contributed by atoms with Gasteiger partial charge in [-0.3, -0.25) is 9.36 Å². The lowest BCUT2D eigenvalue weighted by atomic mass is 10.2. The third kappa shape index (κ3) is 3.57. The van der Waals surface area contributed by atoms with Crippen LogP contribution in [0.4, 0.5) is 10.1 Å². The van der Waals surface area contributed by atoms with Crippen LogP contribution in [0, 0.1) is 12.7 Å². The van der Waals surface area contributed by atoms with Crippen molar-refractivity contribution in [2.75, 3.05) is 18.7 Å². The predicted molar refractivity (Wildman–Crippen MR) is 101 cm³/mol. The molecule has 1 amide bonds. The standard InChI is InChI=1S/C19H18FN3O2S/c1-12-4-9-17(25-2)15(10-12)22-18(24)16-11-21-19(26-3)23(16)14-7-5-13(20)6-8-14/h4-11H,1-3H3,(H,22,24). The molecule has 1 aromatic heterocycles. The minimum Gasteiger partial charge on any atom is -0.495 e. The largest absolute Gasteiger partial charge is 0.495 e. The molecule has 3 aromatic rings. The molecular weight excluding hydrogens is 353 g/mol. The molecule has 2 aromatic carbocycles. The van der Waals surface area contributed by atoms with Gasteiger partial charge in [0.05, 0.1) is 19.0 Å². The molecule has 134 valence electrons. The van der Waals surface area contributed by atoms with Gasteiger partial charge in [0.1, 0.15) is 17.3 Å². The van der Waals surface area contributed by atoms with Crippen molar-refractivity contribution in [3.63, 3.8) is 0 Å². The number of halogens is 1. The Hall–Kier alpha value is -2.80. The molecule has 5 nitrogen and oxygen atoms in total. The zero-order valence-electron chi connectivity index (χ0n) is 14.6. The topological polar surface area (TPSA) is 56.1 Å². The monoisotopic (exact) mass is 371 g/mol. The number of amides is 1. The van der Waals surface area contributed by atoms with E-state index in [-0.39, 0.29) is 11.7 Å². The molecule has 0 saturated carbocycles. The van der Waals surface area contributed by atoms with Crippen LogP contribution >= 0.6 is 11.8 Å². The minimum absolute atomic E-state index is 0.328. The number of benzene rings is 2. The van der Waals surface area contributed by atoms with Crippen LogP contribution < -0.4 is 10.1 Å². The van der Waals surface area contributed by atoms with Crippen molar-refractivity contribution < 1.29 is 13.9 Å². The molecular formula is C19H18FN3O2S. The van der Waals surface area contributed by atoms with Crippen molar-refractivity contribution in [1.29, 1.82) is 0 Å². The van der Waals surface area contributed by atoms with Crippen LogP contribution in [-0.2, 0) is 0 Å². The summed E-state index contributed by atoms with van der Waals surface area (Å²) in [7, 11) is 1.55. The number of carbonyl (C=O) groups excluding carboxylic acids is 1. The number of ether oxygens (including phenoxy) is 1. The summed E-state index contributed by atoms with van der Waals surface area (Å²) >= 11 is 1.40. The first-order valence-electron chi connectivity index (χ1n) is 7.87. The number of anilines is 1. The van der Waals surface area contributed by atoms with Gasteiger partial charge in [0.2, 0.25) is 0 Å². The molecule has 0 bridgehead atoms. The fourth-order valence-electron chi connectivity index (χ4n) is 2.58. The first-order valence-corrected chi connectivity index (χ1v) is 9.09. The SMILES string of the molecule is COc1ccc(C)cc1NC(=O)c1cnc(SC)n1-c1ccc(F)cc1. The number of thioether (sulfide) groups is 1. The number of aromatic nitrogens is 2. The Morgan fingerprint density at radius 1 is 1.23 bits per heavy atom. The van der Waals surface area contributed by atoms with Crippen LogP contribution in [-0.4, -0.2) is 28.8 Å². The van der Waals surface area contributed by atoms with E-state index in [1.54, 1.807) is 29.9 Å². The third-order valence-corrected chi connectivity index (χ3v) is 4.49. The molecule has 0 aliphatic rings. The first kappa shape index (κ1) is 18.0. The number of nitrogens with zero attached hydrogens (tertiary/aromatic N) is 2. The minimum atomic E-state index is -0.338. The average molecular weight is 371 g/mol. The Labute approximate surface area is 155 Å². The molecule has 1 heterocycles. The van der Waals surface area contributed by atoms with Gasteiger partial charge in [0.15, 0.2) is 5.16 Å². The van der Waals surface area contributed by atoms with E-state index in [1.807, 2.05) is 25.3 Å². The van der Waals surface area contributed by atoms with E-state index in [4.69, 9.17) is 4.74 Å². The molecule has 7 heteroatoms. The lowest BCUT2D eigenvalue weighted by molar-refractivity contribution is 0.101. The molecule has 0 aliphatic heterocycles. The highest BCUT2D eigenvalue weighted by atomic mass is 32.2. The Balaban J connectivity index is 1.99. The van der Waals surface area contributed by atoms with Crippen molar-refractivity contribution in [1.82, 2.24) is 9.55 Å². The molecule has 26 heavy (non-hydrogen) atoms. The summed E-state index contributed by atoms with van der Waals surface area (Å²) in [6.45, 7) is 1.93. The number of hydrogen-bond acceptors (Lipinski definition) is 4. The predicted octanol–water partition coefficient (Wildman–Crippen LogP) is 4.30. The fourth-order valence-corrected chi connectivity index (χ4v) is 3.13. The molecule has 0 atom stereocenters. The number of rotatable bonds is 5. The normalized spacial score (nSPS) is 10.6. The molecule has 0 aliphatic carbocycles. The number of imidazole rings is 1. The van der Waals surface area contributed by atoms with Crippen LogP contribution in [0.3, 0.4) is 0 Å². The maximum Gasteiger partial charge on any atom is 0.274 e. The average Bonchev–Trinajstić information content (AvgIpc) is 3.07. The van der Waals surface area contributed by atoms with Gasteiger partial charge in [0.25, 0.3) is 5.91 Å². The van der Waals surface area contributed by atoms with Crippen LogP contribution in [0.5, 0.6) is 5.75 Å². The summed E-state index contributed by atoms with van der Waals surface area (Å²) in [5, 5.41) is 3.51. The van der Waals surface area contributed by atoms with E-state index in [9.17, 15) is 9.18 Å². The molecule has 1 N–H and O–H groups in total. The van der Waals surface area contributed by atoms with Gasteiger partial charge in [0, 0.05) is 5.69 Å². The second kappa shape index (κ2) is 7.61. The zero-order valence-corrected chi connectivity index (χ0v) is 15.4. The molecule has 0 fully saturated rings. The number of carbonyl (C=O) groups is 1. The van der Waals surface area contributed by atoms with Crippen molar-refractivity contribution >= 4 is 23.4 Å². The third-order valence-electron chi connectivity index (χ3n) is 3.83. The Morgan fingerprint density at radius 2 is 1.96 bits per heavy atom. The zero-order chi connectivity index (χ0) is 18.7. The lowest BCUT2D eigenvalue weighted by Crippen LogP contribution is -2.17. The van der Waals surface area contributed by atoms with Gasteiger partial charge >= 0.3 is 0 Å². The van der Waals surface area contributed by atoms with E-state index in [2.05, 4.69) is 10.3 Å². The first-order chi connectivity index (χ1) is 12.5. The summed E-state index contributed by atoms with van der Waals surface area (Å²) in [4.78, 5) is 17.2. The second-order valence-electron chi connectivity index (χ2n) is 5.60. The summed E-state index contributed by atoms with van der Waals surface area (Å²) in [6.07, 6.45) is 3.38. The van der Waals surface area contributed by atoms with Gasteiger partial charge in [-0.25, -0.2) is 9.37 Å². The smallest absolute Gasteiger partial charge is 0.274 e. The summed E-state index contributed by atoms with van der Waals surface area (Å²) in [5.41, 5.74) is 2.59. The number of nitrogens with one attached hydrogen (secondary N) is 1. The van der Waals surface area contributed by atoms with Crippen LogP contribution in [0.15, 0.2) is 53.8 Å². The van der Waals surface area contributed by atoms with E-state index in [0.29, 0.717) is 28.0 Å². The van der Waals surface area contributed by atoms with Crippen molar-refractivity contribution in [2.24, 2.45) is 0 Å². The Morgan fingerprint density at radius 3 is 2.62 bits per heavy atom. The van der Waals surface area contributed by atoms with E-state index >= 15 is 0 Å². The highest BCUT2D eigenvalue weighted by Crippen LogP contribution is 2.27. The molecule has 3 rings (SSSR count). The molecule has 0 saturated heterocycles. The maximum atomic E-state index is 13.3. The lowest BCUT2D eigenvalue weighted by Gasteiger charge is -2.13. The van der Waals surface area contributed by atoms with Crippen LogP contribution in [0.25, 0.3) is 5.69 Å². The summed E-state index contributed by atoms with van der Waals surface area (Å²) in [5.74, 6) is -0.0945. The van der Waals surface area contributed by atoms with Crippen molar-refractivity contribution in [2.45, 2.75) is 12.1 Å². The van der Waals surface area contributed by atoms with Crippen LogP contribution in [0.2, 0.25) is 0 Å². The van der Waals surface area contributed by atoms with Gasteiger partial charge in [-0.15, -0.1) is 0 Å². The van der Waals surface area contributed by atoms with Crippen molar-refractivity contribution in [3.8, 4) is 11.4 Å². The summed E-state index contributed by atoms with van der Waals surface area (Å²) in [6, 6.07) is 11.5. The van der Waals surface area contributed by atoms with Gasteiger partial charge in [-0.05, 0) is 55.1 Å². The Bertz CT molecular complexity index is 938. The van der Waals surface area contributed by atoms with Gasteiger partial charge < -0.3 is 10.1 Å².